The largest absolute Gasteiger partial charge is 0.323 e. The van der Waals surface area contributed by atoms with Gasteiger partial charge in [-0.3, -0.25) is 4.68 Å². The normalized spacial score (nSPS) is 10.2. The molecule has 0 aliphatic heterocycles. The van der Waals surface area contributed by atoms with Crippen LogP contribution in [0.2, 0.25) is 0 Å². The maximum absolute atomic E-state index is 11.8. The summed E-state index contributed by atoms with van der Waals surface area (Å²) >= 11 is 3.44. The number of amides is 2. The maximum atomic E-state index is 11.8. The van der Waals surface area contributed by atoms with E-state index < -0.39 is 0 Å². The lowest BCUT2D eigenvalue weighted by atomic mass is 10.2. The summed E-state index contributed by atoms with van der Waals surface area (Å²) in [4.78, 5) is 11.8. The van der Waals surface area contributed by atoms with Gasteiger partial charge in [0.05, 0.1) is 17.6 Å². The Bertz CT molecular complexity index is 579. The molecule has 2 N–H and O–H groups in total. The third kappa shape index (κ3) is 2.89. The number of hydrogen-bond donors (Lipinski definition) is 2. The van der Waals surface area contributed by atoms with Crippen molar-refractivity contribution in [2.24, 2.45) is 7.05 Å². The number of rotatable bonds is 2. The summed E-state index contributed by atoms with van der Waals surface area (Å²) in [6, 6.07) is 5.39. The zero-order valence-electron chi connectivity index (χ0n) is 10.1. The molecular formula is C12H13BrN4O. The maximum Gasteiger partial charge on any atom is 0.323 e. The molecule has 0 radical (unpaired) electrons. The van der Waals surface area contributed by atoms with E-state index in [-0.39, 0.29) is 6.03 Å². The van der Waals surface area contributed by atoms with Crippen molar-refractivity contribution in [3.63, 3.8) is 0 Å². The predicted molar refractivity (Wildman–Crippen MR) is 74.7 cm³/mol. The van der Waals surface area contributed by atoms with E-state index in [4.69, 9.17) is 0 Å². The molecule has 5 nitrogen and oxygen atoms in total. The van der Waals surface area contributed by atoms with Gasteiger partial charge in [-0.15, -0.1) is 0 Å². The van der Waals surface area contributed by atoms with Crippen LogP contribution in [-0.4, -0.2) is 15.8 Å². The highest BCUT2D eigenvalue weighted by Crippen LogP contribution is 2.25. The molecule has 0 saturated heterocycles. The number of urea groups is 1. The fourth-order valence-electron chi connectivity index (χ4n) is 1.51. The summed E-state index contributed by atoms with van der Waals surface area (Å²) in [5.41, 5.74) is 2.45. The molecule has 0 atom stereocenters. The Morgan fingerprint density at radius 1 is 1.39 bits per heavy atom. The summed E-state index contributed by atoms with van der Waals surface area (Å²) in [7, 11) is 1.79. The van der Waals surface area contributed by atoms with E-state index in [0.29, 0.717) is 5.69 Å². The SMILES string of the molecule is Cc1cccc(NC(=O)Nc2cnn(C)c2)c1Br. The van der Waals surface area contributed by atoms with Crippen LogP contribution in [0.1, 0.15) is 5.56 Å². The summed E-state index contributed by atoms with van der Waals surface area (Å²) in [6.07, 6.45) is 3.32. The van der Waals surface area contributed by atoms with Crippen LogP contribution in [-0.2, 0) is 7.05 Å². The van der Waals surface area contributed by atoms with Crippen molar-refractivity contribution in [3.8, 4) is 0 Å². The van der Waals surface area contributed by atoms with Gasteiger partial charge < -0.3 is 10.6 Å². The molecule has 6 heteroatoms. The Hall–Kier alpha value is -1.82. The highest BCUT2D eigenvalue weighted by atomic mass is 79.9. The zero-order valence-corrected chi connectivity index (χ0v) is 11.7. The van der Waals surface area contributed by atoms with Crippen LogP contribution in [0.3, 0.4) is 0 Å². The number of aryl methyl sites for hydroxylation is 2. The lowest BCUT2D eigenvalue weighted by molar-refractivity contribution is 0.262. The number of carbonyl (C=O) groups is 1. The minimum absolute atomic E-state index is 0.297. The molecule has 1 aromatic heterocycles. The van der Waals surface area contributed by atoms with Crippen LogP contribution >= 0.6 is 15.9 Å². The highest BCUT2D eigenvalue weighted by molar-refractivity contribution is 9.10. The molecule has 94 valence electrons. The van der Waals surface area contributed by atoms with Crippen molar-refractivity contribution < 1.29 is 4.79 Å². The third-order valence-electron chi connectivity index (χ3n) is 2.40. The number of nitrogens with zero attached hydrogens (tertiary/aromatic N) is 2. The second kappa shape index (κ2) is 5.22. The van der Waals surface area contributed by atoms with Gasteiger partial charge >= 0.3 is 6.03 Å². The van der Waals surface area contributed by atoms with Crippen LogP contribution in [0, 0.1) is 6.92 Å². The highest BCUT2D eigenvalue weighted by Gasteiger charge is 2.07. The number of halogens is 1. The molecule has 2 amide bonds. The van der Waals surface area contributed by atoms with Crippen molar-refractivity contribution in [2.45, 2.75) is 6.92 Å². The Balaban J connectivity index is 2.05. The second-order valence-corrected chi connectivity index (χ2v) is 4.71. The lowest BCUT2D eigenvalue weighted by Gasteiger charge is -2.09. The molecule has 0 aliphatic rings. The van der Waals surface area contributed by atoms with Gasteiger partial charge in [-0.25, -0.2) is 4.79 Å². The van der Waals surface area contributed by atoms with Gasteiger partial charge in [0.15, 0.2) is 0 Å². The standard InChI is InChI=1S/C12H13BrN4O/c1-8-4-3-5-10(11(8)13)16-12(18)15-9-6-14-17(2)7-9/h3-7H,1-2H3,(H2,15,16,18). The number of aromatic nitrogens is 2. The van der Waals surface area contributed by atoms with Crippen molar-refractivity contribution in [3.05, 3.63) is 40.6 Å². The van der Waals surface area contributed by atoms with Crippen LogP contribution < -0.4 is 10.6 Å². The predicted octanol–water partition coefficient (Wildman–Crippen LogP) is 3.14. The summed E-state index contributed by atoms with van der Waals surface area (Å²) in [5.74, 6) is 0. The van der Waals surface area contributed by atoms with E-state index in [1.165, 1.54) is 0 Å². The van der Waals surface area contributed by atoms with Gasteiger partial charge in [0.1, 0.15) is 0 Å². The van der Waals surface area contributed by atoms with E-state index in [0.717, 1.165) is 15.7 Å². The van der Waals surface area contributed by atoms with Crippen LogP contribution in [0.4, 0.5) is 16.2 Å². The first kappa shape index (κ1) is 12.6. The molecule has 0 bridgehead atoms. The van der Waals surface area contributed by atoms with E-state index in [1.54, 1.807) is 24.1 Å². The summed E-state index contributed by atoms with van der Waals surface area (Å²) in [5, 5.41) is 9.45. The first-order valence-corrected chi connectivity index (χ1v) is 6.17. The minimum atomic E-state index is -0.297. The van der Waals surface area contributed by atoms with Crippen molar-refractivity contribution in [1.29, 1.82) is 0 Å². The van der Waals surface area contributed by atoms with Gasteiger partial charge in [0.2, 0.25) is 0 Å². The van der Waals surface area contributed by atoms with Gasteiger partial charge in [0, 0.05) is 17.7 Å². The molecule has 0 unspecified atom stereocenters. The number of anilines is 2. The molecule has 0 spiro atoms. The van der Waals surface area contributed by atoms with E-state index in [2.05, 4.69) is 31.7 Å². The van der Waals surface area contributed by atoms with Gasteiger partial charge in [-0.1, -0.05) is 12.1 Å². The monoisotopic (exact) mass is 308 g/mol. The van der Waals surface area contributed by atoms with Crippen molar-refractivity contribution in [1.82, 2.24) is 9.78 Å². The molecule has 18 heavy (non-hydrogen) atoms. The zero-order chi connectivity index (χ0) is 13.1. The van der Waals surface area contributed by atoms with Crippen LogP contribution in [0.15, 0.2) is 35.1 Å². The van der Waals surface area contributed by atoms with E-state index >= 15 is 0 Å². The summed E-state index contributed by atoms with van der Waals surface area (Å²) in [6.45, 7) is 1.97. The van der Waals surface area contributed by atoms with Crippen molar-refractivity contribution in [2.75, 3.05) is 10.6 Å². The third-order valence-corrected chi connectivity index (χ3v) is 3.46. The number of nitrogens with one attached hydrogen (secondary N) is 2. The fraction of sp³-hybridized carbons (Fsp3) is 0.167. The average molecular weight is 309 g/mol. The molecule has 2 aromatic rings. The molecular weight excluding hydrogens is 296 g/mol. The Kier molecular flexibility index (Phi) is 3.66. The lowest BCUT2D eigenvalue weighted by Crippen LogP contribution is -2.19. The van der Waals surface area contributed by atoms with Gasteiger partial charge in [-0.05, 0) is 34.5 Å². The first-order valence-electron chi connectivity index (χ1n) is 5.38. The molecule has 1 aromatic carbocycles. The Labute approximate surface area is 113 Å². The van der Waals surface area contributed by atoms with E-state index in [1.807, 2.05) is 25.1 Å². The number of carbonyl (C=O) groups excluding carboxylic acids is 1. The molecule has 2 rings (SSSR count). The van der Waals surface area contributed by atoms with Gasteiger partial charge in [0.25, 0.3) is 0 Å². The summed E-state index contributed by atoms with van der Waals surface area (Å²) < 4.78 is 2.50. The second-order valence-electron chi connectivity index (χ2n) is 3.92. The van der Waals surface area contributed by atoms with E-state index in [9.17, 15) is 4.79 Å². The first-order chi connectivity index (χ1) is 8.56. The molecule has 1 heterocycles. The Morgan fingerprint density at radius 2 is 2.17 bits per heavy atom. The number of hydrogen-bond acceptors (Lipinski definition) is 2. The van der Waals surface area contributed by atoms with Gasteiger partial charge in [-0.2, -0.15) is 5.10 Å². The Morgan fingerprint density at radius 3 is 2.83 bits per heavy atom. The number of benzene rings is 1. The van der Waals surface area contributed by atoms with Crippen LogP contribution in [0.5, 0.6) is 0 Å². The minimum Gasteiger partial charge on any atom is -0.307 e. The van der Waals surface area contributed by atoms with Crippen molar-refractivity contribution >= 4 is 33.3 Å². The fourth-order valence-corrected chi connectivity index (χ4v) is 1.88. The molecule has 0 aliphatic carbocycles. The molecule has 0 fully saturated rings. The molecule has 0 saturated carbocycles. The topological polar surface area (TPSA) is 59.0 Å². The van der Waals surface area contributed by atoms with Crippen LogP contribution in [0.25, 0.3) is 0 Å². The average Bonchev–Trinajstić information content (AvgIpc) is 2.70. The smallest absolute Gasteiger partial charge is 0.307 e. The quantitative estimate of drug-likeness (QED) is 0.895.